The summed E-state index contributed by atoms with van der Waals surface area (Å²) in [5.41, 5.74) is 0. The summed E-state index contributed by atoms with van der Waals surface area (Å²) in [5, 5.41) is 0.146. The summed E-state index contributed by atoms with van der Waals surface area (Å²) >= 11 is 1.34. The molecule has 1 amide bonds. The van der Waals surface area contributed by atoms with Crippen molar-refractivity contribution in [1.29, 1.82) is 0 Å². The zero-order valence-corrected chi connectivity index (χ0v) is 11.2. The van der Waals surface area contributed by atoms with Crippen molar-refractivity contribution < 1.29 is 9.59 Å². The van der Waals surface area contributed by atoms with Gasteiger partial charge in [-0.3, -0.25) is 9.59 Å². The molecule has 4 heteroatoms. The Labute approximate surface area is 102 Å². The highest BCUT2D eigenvalue weighted by Crippen LogP contribution is 2.25. The van der Waals surface area contributed by atoms with Crippen molar-refractivity contribution in [2.24, 2.45) is 5.92 Å². The summed E-state index contributed by atoms with van der Waals surface area (Å²) in [5.74, 6) is 1.41. The third kappa shape index (κ3) is 3.81. The zero-order valence-electron chi connectivity index (χ0n) is 10.4. The molecule has 2 atom stereocenters. The number of rotatable bonds is 5. The Morgan fingerprint density at radius 3 is 2.88 bits per heavy atom. The first-order chi connectivity index (χ1) is 7.54. The van der Waals surface area contributed by atoms with Crippen molar-refractivity contribution in [3.8, 4) is 0 Å². The van der Waals surface area contributed by atoms with E-state index in [0.29, 0.717) is 18.4 Å². The molecular weight excluding hydrogens is 222 g/mol. The molecule has 1 rings (SSSR count). The maximum Gasteiger partial charge on any atom is 0.223 e. The van der Waals surface area contributed by atoms with Gasteiger partial charge < -0.3 is 4.90 Å². The van der Waals surface area contributed by atoms with Crippen LogP contribution < -0.4 is 0 Å². The molecule has 1 fully saturated rings. The lowest BCUT2D eigenvalue weighted by atomic mass is 10.1. The third-order valence-corrected chi connectivity index (χ3v) is 4.04. The second-order valence-corrected chi connectivity index (χ2v) is 5.75. The summed E-state index contributed by atoms with van der Waals surface area (Å²) in [6, 6.07) is 0.352. The van der Waals surface area contributed by atoms with Gasteiger partial charge in [0.25, 0.3) is 0 Å². The summed E-state index contributed by atoms with van der Waals surface area (Å²) < 4.78 is 0. The van der Waals surface area contributed by atoms with Crippen LogP contribution in [0.5, 0.6) is 0 Å². The van der Waals surface area contributed by atoms with Crippen LogP contribution in [0.4, 0.5) is 0 Å². The Balaban J connectivity index is 2.40. The van der Waals surface area contributed by atoms with Gasteiger partial charge in [-0.1, -0.05) is 25.1 Å². The van der Waals surface area contributed by atoms with Crippen molar-refractivity contribution in [3.63, 3.8) is 0 Å². The first-order valence-electron chi connectivity index (χ1n) is 5.97. The highest BCUT2D eigenvalue weighted by Gasteiger charge is 2.32. The SMILES string of the molecule is CCCC(C)N1CC(CSC(C)=O)CC1=O. The monoisotopic (exact) mass is 243 g/mol. The lowest BCUT2D eigenvalue weighted by Crippen LogP contribution is -2.34. The van der Waals surface area contributed by atoms with E-state index in [2.05, 4.69) is 13.8 Å². The number of nitrogens with zero attached hydrogens (tertiary/aromatic N) is 1. The maximum absolute atomic E-state index is 11.8. The number of thioether (sulfide) groups is 1. The molecule has 0 radical (unpaired) electrons. The van der Waals surface area contributed by atoms with Gasteiger partial charge in [0, 0.05) is 31.7 Å². The fraction of sp³-hybridized carbons (Fsp3) is 0.833. The van der Waals surface area contributed by atoms with E-state index in [9.17, 15) is 9.59 Å². The number of carbonyl (C=O) groups is 2. The molecule has 0 aromatic carbocycles. The smallest absolute Gasteiger partial charge is 0.223 e. The largest absolute Gasteiger partial charge is 0.340 e. The minimum absolute atomic E-state index is 0.146. The average molecular weight is 243 g/mol. The molecule has 0 spiro atoms. The molecule has 3 nitrogen and oxygen atoms in total. The summed E-state index contributed by atoms with van der Waals surface area (Å²) in [4.78, 5) is 24.6. The van der Waals surface area contributed by atoms with Gasteiger partial charge in [-0.25, -0.2) is 0 Å². The number of hydrogen-bond acceptors (Lipinski definition) is 3. The van der Waals surface area contributed by atoms with Gasteiger partial charge in [0.05, 0.1) is 0 Å². The second-order valence-electron chi connectivity index (χ2n) is 4.56. The van der Waals surface area contributed by atoms with E-state index < -0.39 is 0 Å². The van der Waals surface area contributed by atoms with Gasteiger partial charge >= 0.3 is 0 Å². The molecule has 1 aliphatic heterocycles. The summed E-state index contributed by atoms with van der Waals surface area (Å²) in [6.45, 7) is 6.67. The van der Waals surface area contributed by atoms with Gasteiger partial charge in [-0.2, -0.15) is 0 Å². The summed E-state index contributed by atoms with van der Waals surface area (Å²) in [7, 11) is 0. The maximum atomic E-state index is 11.8. The van der Waals surface area contributed by atoms with Crippen LogP contribution in [0.25, 0.3) is 0 Å². The van der Waals surface area contributed by atoms with E-state index in [1.54, 1.807) is 6.92 Å². The second kappa shape index (κ2) is 6.28. The number of carbonyl (C=O) groups excluding carboxylic acids is 2. The molecule has 0 N–H and O–H groups in total. The zero-order chi connectivity index (χ0) is 12.1. The minimum atomic E-state index is 0.146. The highest BCUT2D eigenvalue weighted by atomic mass is 32.2. The number of likely N-dealkylation sites (tertiary alicyclic amines) is 1. The van der Waals surface area contributed by atoms with Crippen LogP contribution in [0.3, 0.4) is 0 Å². The van der Waals surface area contributed by atoms with Crippen LogP contribution >= 0.6 is 11.8 Å². The number of amides is 1. The molecule has 2 unspecified atom stereocenters. The lowest BCUT2D eigenvalue weighted by molar-refractivity contribution is -0.129. The van der Waals surface area contributed by atoms with Gasteiger partial charge in [-0.15, -0.1) is 0 Å². The lowest BCUT2D eigenvalue weighted by Gasteiger charge is -2.24. The molecule has 0 saturated carbocycles. The first kappa shape index (κ1) is 13.6. The predicted molar refractivity (Wildman–Crippen MR) is 67.3 cm³/mol. The van der Waals surface area contributed by atoms with Crippen LogP contribution in [0, 0.1) is 5.92 Å². The van der Waals surface area contributed by atoms with Crippen LogP contribution in [0.15, 0.2) is 0 Å². The third-order valence-electron chi connectivity index (χ3n) is 3.00. The van der Waals surface area contributed by atoms with E-state index >= 15 is 0 Å². The molecule has 1 aliphatic rings. The van der Waals surface area contributed by atoms with Crippen LogP contribution in [-0.2, 0) is 9.59 Å². The van der Waals surface area contributed by atoms with E-state index in [1.165, 1.54) is 11.8 Å². The van der Waals surface area contributed by atoms with Crippen molar-refractivity contribution in [3.05, 3.63) is 0 Å². The topological polar surface area (TPSA) is 37.4 Å². The first-order valence-corrected chi connectivity index (χ1v) is 6.96. The molecule has 0 bridgehead atoms. The fourth-order valence-corrected chi connectivity index (χ4v) is 2.85. The molecule has 0 aromatic rings. The van der Waals surface area contributed by atoms with Gasteiger partial charge in [0.2, 0.25) is 5.91 Å². The average Bonchev–Trinajstić information content (AvgIpc) is 2.57. The van der Waals surface area contributed by atoms with E-state index in [4.69, 9.17) is 0 Å². The molecule has 1 heterocycles. The standard InChI is InChI=1S/C12H21NO2S/c1-4-5-9(2)13-7-11(6-12(13)15)8-16-10(3)14/h9,11H,4-8H2,1-3H3. The van der Waals surface area contributed by atoms with Crippen LogP contribution in [0.2, 0.25) is 0 Å². The quantitative estimate of drug-likeness (QED) is 0.743. The highest BCUT2D eigenvalue weighted by molar-refractivity contribution is 8.13. The van der Waals surface area contributed by atoms with Crippen LogP contribution in [0.1, 0.15) is 40.0 Å². The van der Waals surface area contributed by atoms with Gasteiger partial charge in [0.15, 0.2) is 5.12 Å². The van der Waals surface area contributed by atoms with Crippen molar-refractivity contribution >= 4 is 22.8 Å². The Kier molecular flexibility index (Phi) is 5.32. The fourth-order valence-electron chi connectivity index (χ4n) is 2.15. The Morgan fingerprint density at radius 1 is 1.62 bits per heavy atom. The summed E-state index contributed by atoms with van der Waals surface area (Å²) in [6.07, 6.45) is 2.80. The molecule has 0 aromatic heterocycles. The van der Waals surface area contributed by atoms with Gasteiger partial charge in [0.1, 0.15) is 0 Å². The normalized spacial score (nSPS) is 22.6. The van der Waals surface area contributed by atoms with E-state index in [-0.39, 0.29) is 11.0 Å². The number of hydrogen-bond donors (Lipinski definition) is 0. The molecule has 0 aliphatic carbocycles. The van der Waals surface area contributed by atoms with Crippen molar-refractivity contribution in [2.45, 2.75) is 46.1 Å². The van der Waals surface area contributed by atoms with Crippen LogP contribution in [-0.4, -0.2) is 34.3 Å². The molecular formula is C12H21NO2S. The van der Waals surface area contributed by atoms with E-state index in [0.717, 1.165) is 25.1 Å². The van der Waals surface area contributed by atoms with Gasteiger partial charge in [-0.05, 0) is 19.3 Å². The Morgan fingerprint density at radius 2 is 2.31 bits per heavy atom. The Hall–Kier alpha value is -0.510. The van der Waals surface area contributed by atoms with E-state index in [1.807, 2.05) is 4.90 Å². The molecule has 16 heavy (non-hydrogen) atoms. The van der Waals surface area contributed by atoms with Crippen molar-refractivity contribution in [2.75, 3.05) is 12.3 Å². The predicted octanol–water partition coefficient (Wildman–Crippen LogP) is 2.30. The molecule has 92 valence electrons. The molecule has 1 saturated heterocycles. The Bertz CT molecular complexity index is 268. The van der Waals surface area contributed by atoms with Crippen molar-refractivity contribution in [1.82, 2.24) is 4.90 Å². The minimum Gasteiger partial charge on any atom is -0.340 e.